The molecule has 4 nitrogen and oxygen atoms in total. The highest BCUT2D eigenvalue weighted by atomic mass is 16.3. The van der Waals surface area contributed by atoms with E-state index in [1.807, 2.05) is 0 Å². The van der Waals surface area contributed by atoms with Crippen LogP contribution >= 0.6 is 0 Å². The molecule has 3 heterocycles. The number of aromatic nitrogens is 2. The summed E-state index contributed by atoms with van der Waals surface area (Å²) in [5, 5.41) is 9.31. The summed E-state index contributed by atoms with van der Waals surface area (Å²) in [6.07, 6.45) is 9.41. The zero-order valence-electron chi connectivity index (χ0n) is 12.6. The second-order valence-electron chi connectivity index (χ2n) is 6.37. The monoisotopic (exact) mass is 277 g/mol. The molecular weight excluding hydrogens is 250 g/mol. The minimum absolute atomic E-state index is 0.300. The number of hydrogen-bond donors (Lipinski definition) is 1. The molecule has 1 N–H and O–H groups in total. The van der Waals surface area contributed by atoms with E-state index in [-0.39, 0.29) is 0 Å². The second kappa shape index (κ2) is 6.27. The molecule has 3 rings (SSSR count). The van der Waals surface area contributed by atoms with Crippen LogP contribution in [0.3, 0.4) is 0 Å². The van der Waals surface area contributed by atoms with Gasteiger partial charge in [-0.15, -0.1) is 0 Å². The van der Waals surface area contributed by atoms with E-state index in [1.165, 1.54) is 37.3 Å². The summed E-state index contributed by atoms with van der Waals surface area (Å²) in [5.41, 5.74) is 1.25. The van der Waals surface area contributed by atoms with Crippen LogP contribution in [0.2, 0.25) is 0 Å². The molecule has 112 valence electrons. The SMILES string of the molecule is CCN1CCCCC1Cc1cn2c(n1)CC(CO)CC2. The topological polar surface area (TPSA) is 41.3 Å². The fraction of sp³-hybridized carbons (Fsp3) is 0.812. The normalized spacial score (nSPS) is 27.5. The van der Waals surface area contributed by atoms with Gasteiger partial charge in [0.1, 0.15) is 5.82 Å². The Kier molecular flexibility index (Phi) is 4.41. The summed E-state index contributed by atoms with van der Waals surface area (Å²) in [5.74, 6) is 1.60. The number of rotatable bonds is 4. The van der Waals surface area contributed by atoms with E-state index in [4.69, 9.17) is 4.98 Å². The molecule has 2 unspecified atom stereocenters. The molecule has 20 heavy (non-hydrogen) atoms. The molecule has 0 saturated carbocycles. The Hall–Kier alpha value is -0.870. The van der Waals surface area contributed by atoms with Gasteiger partial charge in [-0.1, -0.05) is 13.3 Å². The Morgan fingerprint density at radius 1 is 1.30 bits per heavy atom. The summed E-state index contributed by atoms with van der Waals surface area (Å²) in [6, 6.07) is 0.680. The Morgan fingerprint density at radius 3 is 3.00 bits per heavy atom. The molecule has 1 saturated heterocycles. The fourth-order valence-corrected chi connectivity index (χ4v) is 3.75. The van der Waals surface area contributed by atoms with Crippen LogP contribution in [0.25, 0.3) is 0 Å². The maximum Gasteiger partial charge on any atom is 0.109 e. The molecule has 2 aliphatic heterocycles. The Bertz CT molecular complexity index is 443. The first-order valence-electron chi connectivity index (χ1n) is 8.20. The highest BCUT2D eigenvalue weighted by molar-refractivity contribution is 5.09. The van der Waals surface area contributed by atoms with Gasteiger partial charge in [0, 0.05) is 38.2 Å². The van der Waals surface area contributed by atoms with Gasteiger partial charge in [0.05, 0.1) is 5.69 Å². The molecule has 2 atom stereocenters. The van der Waals surface area contributed by atoms with Crippen molar-refractivity contribution < 1.29 is 5.11 Å². The van der Waals surface area contributed by atoms with Crippen LogP contribution in [0, 0.1) is 5.92 Å². The number of imidazole rings is 1. The molecule has 0 spiro atoms. The Labute approximate surface area is 121 Å². The van der Waals surface area contributed by atoms with Crippen molar-refractivity contribution in [3.8, 4) is 0 Å². The first kappa shape index (κ1) is 14.1. The highest BCUT2D eigenvalue weighted by Gasteiger charge is 2.24. The van der Waals surface area contributed by atoms with Crippen molar-refractivity contribution in [2.75, 3.05) is 19.7 Å². The lowest BCUT2D eigenvalue weighted by Crippen LogP contribution is -2.40. The van der Waals surface area contributed by atoms with Crippen LogP contribution in [0.4, 0.5) is 0 Å². The molecule has 4 heteroatoms. The molecule has 0 aromatic carbocycles. The Morgan fingerprint density at radius 2 is 2.20 bits per heavy atom. The average molecular weight is 277 g/mol. The van der Waals surface area contributed by atoms with Gasteiger partial charge in [-0.05, 0) is 38.3 Å². The summed E-state index contributed by atoms with van der Waals surface area (Å²) in [7, 11) is 0. The first-order chi connectivity index (χ1) is 9.80. The lowest BCUT2D eigenvalue weighted by Gasteiger charge is -2.34. The van der Waals surface area contributed by atoms with Crippen LogP contribution in [-0.2, 0) is 19.4 Å². The number of aliphatic hydroxyl groups is 1. The van der Waals surface area contributed by atoms with Gasteiger partial charge in [0.15, 0.2) is 0 Å². The van der Waals surface area contributed by atoms with E-state index >= 15 is 0 Å². The van der Waals surface area contributed by atoms with E-state index in [0.29, 0.717) is 18.6 Å². The van der Waals surface area contributed by atoms with Crippen molar-refractivity contribution >= 4 is 0 Å². The van der Waals surface area contributed by atoms with Crippen LogP contribution in [0.1, 0.15) is 44.1 Å². The van der Waals surface area contributed by atoms with Crippen molar-refractivity contribution in [3.05, 3.63) is 17.7 Å². The van der Waals surface area contributed by atoms with E-state index in [9.17, 15) is 5.11 Å². The minimum Gasteiger partial charge on any atom is -0.396 e. The van der Waals surface area contributed by atoms with Crippen molar-refractivity contribution in [2.24, 2.45) is 5.92 Å². The number of piperidine rings is 1. The predicted octanol–water partition coefficient (Wildman–Crippen LogP) is 1.85. The average Bonchev–Trinajstić information content (AvgIpc) is 2.89. The van der Waals surface area contributed by atoms with Crippen molar-refractivity contribution in [2.45, 2.75) is 58.0 Å². The molecule has 2 aliphatic rings. The van der Waals surface area contributed by atoms with Gasteiger partial charge in [-0.25, -0.2) is 4.98 Å². The van der Waals surface area contributed by atoms with Gasteiger partial charge in [0.25, 0.3) is 0 Å². The summed E-state index contributed by atoms with van der Waals surface area (Å²) in [4.78, 5) is 7.45. The smallest absolute Gasteiger partial charge is 0.109 e. The largest absolute Gasteiger partial charge is 0.396 e. The zero-order chi connectivity index (χ0) is 13.9. The van der Waals surface area contributed by atoms with Crippen molar-refractivity contribution in [1.82, 2.24) is 14.5 Å². The number of likely N-dealkylation sites (N-methyl/N-ethyl adjacent to an activating group) is 1. The van der Waals surface area contributed by atoms with Gasteiger partial charge in [0.2, 0.25) is 0 Å². The summed E-state index contributed by atoms with van der Waals surface area (Å²) in [6.45, 7) is 6.00. The molecule has 1 aromatic heterocycles. The first-order valence-corrected chi connectivity index (χ1v) is 8.20. The van der Waals surface area contributed by atoms with Crippen molar-refractivity contribution in [1.29, 1.82) is 0 Å². The Balaban J connectivity index is 1.67. The minimum atomic E-state index is 0.300. The molecule has 0 aliphatic carbocycles. The van der Waals surface area contributed by atoms with Gasteiger partial charge >= 0.3 is 0 Å². The van der Waals surface area contributed by atoms with Crippen LogP contribution in [0.5, 0.6) is 0 Å². The lowest BCUT2D eigenvalue weighted by molar-refractivity contribution is 0.154. The zero-order valence-corrected chi connectivity index (χ0v) is 12.6. The third kappa shape index (κ3) is 2.91. The third-order valence-electron chi connectivity index (χ3n) is 5.02. The van der Waals surface area contributed by atoms with Crippen LogP contribution < -0.4 is 0 Å². The quantitative estimate of drug-likeness (QED) is 0.913. The number of likely N-dealkylation sites (tertiary alicyclic amines) is 1. The molecule has 1 fully saturated rings. The van der Waals surface area contributed by atoms with Crippen molar-refractivity contribution in [3.63, 3.8) is 0 Å². The molecule has 0 bridgehead atoms. The lowest BCUT2D eigenvalue weighted by atomic mass is 9.98. The van der Waals surface area contributed by atoms with Gasteiger partial charge in [-0.2, -0.15) is 0 Å². The van der Waals surface area contributed by atoms with E-state index < -0.39 is 0 Å². The van der Waals surface area contributed by atoms with E-state index in [2.05, 4.69) is 22.6 Å². The number of fused-ring (bicyclic) bond motifs is 1. The standard InChI is InChI=1S/C16H27N3O/c1-2-18-7-4-3-5-15(18)10-14-11-19-8-6-13(12-20)9-16(19)17-14/h11,13,15,20H,2-10,12H2,1H3. The van der Waals surface area contributed by atoms with Gasteiger partial charge in [-0.3, -0.25) is 0 Å². The number of nitrogens with zero attached hydrogens (tertiary/aromatic N) is 3. The van der Waals surface area contributed by atoms with E-state index in [1.54, 1.807) is 0 Å². The predicted molar refractivity (Wildman–Crippen MR) is 79.7 cm³/mol. The second-order valence-corrected chi connectivity index (χ2v) is 6.37. The molecule has 1 aromatic rings. The summed E-state index contributed by atoms with van der Waals surface area (Å²) < 4.78 is 2.31. The number of aryl methyl sites for hydroxylation is 1. The maximum absolute atomic E-state index is 9.31. The maximum atomic E-state index is 9.31. The highest BCUT2D eigenvalue weighted by Crippen LogP contribution is 2.23. The third-order valence-corrected chi connectivity index (χ3v) is 5.02. The number of aliphatic hydroxyl groups excluding tert-OH is 1. The molecule has 0 amide bonds. The van der Waals surface area contributed by atoms with Crippen LogP contribution in [0.15, 0.2) is 6.20 Å². The molecular formula is C16H27N3O. The number of hydrogen-bond acceptors (Lipinski definition) is 3. The van der Waals surface area contributed by atoms with E-state index in [0.717, 1.165) is 32.4 Å². The van der Waals surface area contributed by atoms with Gasteiger partial charge < -0.3 is 14.6 Å². The fourth-order valence-electron chi connectivity index (χ4n) is 3.75. The van der Waals surface area contributed by atoms with Crippen LogP contribution in [-0.4, -0.2) is 45.3 Å². The molecule has 0 radical (unpaired) electrons. The summed E-state index contributed by atoms with van der Waals surface area (Å²) >= 11 is 0.